The van der Waals surface area contributed by atoms with Crippen LogP contribution in [0.25, 0.3) is 11.1 Å². The van der Waals surface area contributed by atoms with Crippen molar-refractivity contribution in [3.05, 3.63) is 58.4 Å². The Bertz CT molecular complexity index is 578. The third kappa shape index (κ3) is 2.22. The van der Waals surface area contributed by atoms with E-state index in [1.54, 1.807) is 31.2 Å². The van der Waals surface area contributed by atoms with Crippen LogP contribution in [-0.2, 0) is 0 Å². The van der Waals surface area contributed by atoms with Crippen LogP contribution in [0.2, 0.25) is 5.02 Å². The molecule has 1 nitrogen and oxygen atoms in total. The molecule has 2 aromatic carbocycles. The number of benzene rings is 2. The molecule has 0 atom stereocenters. The fourth-order valence-electron chi connectivity index (χ4n) is 1.72. The maximum Gasteiger partial charge on any atom is 0.151 e. The van der Waals surface area contributed by atoms with Crippen LogP contribution in [0.15, 0.2) is 36.4 Å². The van der Waals surface area contributed by atoms with Crippen molar-refractivity contribution < 1.29 is 9.18 Å². The van der Waals surface area contributed by atoms with Gasteiger partial charge in [-0.3, -0.25) is 4.79 Å². The second-order valence-corrected chi connectivity index (χ2v) is 4.17. The van der Waals surface area contributed by atoms with Gasteiger partial charge in [-0.05, 0) is 41.8 Å². The van der Waals surface area contributed by atoms with Crippen molar-refractivity contribution in [2.24, 2.45) is 0 Å². The molecule has 86 valence electrons. The van der Waals surface area contributed by atoms with Crippen molar-refractivity contribution in [3.8, 4) is 11.1 Å². The zero-order valence-corrected chi connectivity index (χ0v) is 9.96. The lowest BCUT2D eigenvalue weighted by Gasteiger charge is -2.08. The molecule has 0 saturated carbocycles. The standard InChI is InChI=1S/C14H10ClFO/c1-9-12(3-2-4-14(9)16)10-5-6-13(15)11(7-10)8-17/h2-8H,1H3. The van der Waals surface area contributed by atoms with Gasteiger partial charge in [-0.25, -0.2) is 4.39 Å². The third-order valence-electron chi connectivity index (χ3n) is 2.70. The molecule has 2 aromatic rings. The first kappa shape index (κ1) is 11.8. The molecule has 0 bridgehead atoms. The highest BCUT2D eigenvalue weighted by Crippen LogP contribution is 2.28. The molecular weight excluding hydrogens is 239 g/mol. The Morgan fingerprint density at radius 1 is 1.24 bits per heavy atom. The number of halogens is 2. The van der Waals surface area contributed by atoms with Crippen LogP contribution in [0.5, 0.6) is 0 Å². The molecule has 17 heavy (non-hydrogen) atoms. The first-order chi connectivity index (χ1) is 8.13. The first-order valence-electron chi connectivity index (χ1n) is 5.13. The average Bonchev–Trinajstić information content (AvgIpc) is 2.34. The lowest BCUT2D eigenvalue weighted by molar-refractivity contribution is 0.112. The second kappa shape index (κ2) is 4.68. The Kier molecular flexibility index (Phi) is 3.25. The van der Waals surface area contributed by atoms with Gasteiger partial charge in [0.2, 0.25) is 0 Å². The summed E-state index contributed by atoms with van der Waals surface area (Å²) in [5, 5.41) is 0.401. The smallest absolute Gasteiger partial charge is 0.151 e. The quantitative estimate of drug-likeness (QED) is 0.726. The molecule has 0 saturated heterocycles. The number of aldehydes is 1. The fraction of sp³-hybridized carbons (Fsp3) is 0.0714. The van der Waals surface area contributed by atoms with Gasteiger partial charge in [0.05, 0.1) is 5.02 Å². The molecular formula is C14H10ClFO. The summed E-state index contributed by atoms with van der Waals surface area (Å²) in [5.41, 5.74) is 2.53. The van der Waals surface area contributed by atoms with Crippen molar-refractivity contribution in [3.63, 3.8) is 0 Å². The van der Waals surface area contributed by atoms with Crippen LogP contribution in [-0.4, -0.2) is 6.29 Å². The summed E-state index contributed by atoms with van der Waals surface area (Å²) in [4.78, 5) is 10.8. The highest BCUT2D eigenvalue weighted by atomic mass is 35.5. The highest BCUT2D eigenvalue weighted by molar-refractivity contribution is 6.33. The molecule has 0 heterocycles. The minimum absolute atomic E-state index is 0.259. The lowest BCUT2D eigenvalue weighted by Crippen LogP contribution is -1.90. The molecule has 0 aliphatic rings. The van der Waals surface area contributed by atoms with E-state index in [1.807, 2.05) is 6.07 Å². The number of carbonyl (C=O) groups is 1. The maximum absolute atomic E-state index is 13.4. The average molecular weight is 249 g/mol. The summed E-state index contributed by atoms with van der Waals surface area (Å²) in [5.74, 6) is -0.259. The second-order valence-electron chi connectivity index (χ2n) is 3.77. The Morgan fingerprint density at radius 2 is 2.00 bits per heavy atom. The van der Waals surface area contributed by atoms with E-state index in [2.05, 4.69) is 0 Å². The van der Waals surface area contributed by atoms with Crippen molar-refractivity contribution in [2.75, 3.05) is 0 Å². The van der Waals surface area contributed by atoms with Crippen molar-refractivity contribution in [2.45, 2.75) is 6.92 Å². The molecule has 0 fully saturated rings. The van der Waals surface area contributed by atoms with Gasteiger partial charge in [0.1, 0.15) is 5.82 Å². The summed E-state index contributed by atoms with van der Waals surface area (Å²) in [6.07, 6.45) is 0.695. The normalized spacial score (nSPS) is 10.3. The first-order valence-corrected chi connectivity index (χ1v) is 5.51. The monoisotopic (exact) mass is 248 g/mol. The summed E-state index contributed by atoms with van der Waals surface area (Å²) in [6, 6.07) is 9.96. The molecule has 0 aromatic heterocycles. The van der Waals surface area contributed by atoms with Gasteiger partial charge in [0.15, 0.2) is 6.29 Å². The largest absolute Gasteiger partial charge is 0.298 e. The summed E-state index contributed by atoms with van der Waals surface area (Å²) in [7, 11) is 0. The van der Waals surface area contributed by atoms with Gasteiger partial charge < -0.3 is 0 Å². The Hall–Kier alpha value is -1.67. The minimum Gasteiger partial charge on any atom is -0.298 e. The Labute approximate surface area is 104 Å². The number of carbonyl (C=O) groups excluding carboxylic acids is 1. The molecule has 3 heteroatoms. The predicted octanol–water partition coefficient (Wildman–Crippen LogP) is 4.27. The number of hydrogen-bond donors (Lipinski definition) is 0. The molecule has 0 amide bonds. The molecule has 0 aliphatic carbocycles. The predicted molar refractivity (Wildman–Crippen MR) is 67.0 cm³/mol. The van der Waals surface area contributed by atoms with E-state index in [9.17, 15) is 9.18 Å². The van der Waals surface area contributed by atoms with Crippen LogP contribution in [0.1, 0.15) is 15.9 Å². The van der Waals surface area contributed by atoms with E-state index in [-0.39, 0.29) is 5.82 Å². The van der Waals surface area contributed by atoms with Crippen molar-refractivity contribution in [1.29, 1.82) is 0 Å². The third-order valence-corrected chi connectivity index (χ3v) is 3.05. The van der Waals surface area contributed by atoms with Gasteiger partial charge in [0.25, 0.3) is 0 Å². The van der Waals surface area contributed by atoms with Gasteiger partial charge in [0, 0.05) is 5.56 Å². The lowest BCUT2D eigenvalue weighted by atomic mass is 9.99. The zero-order valence-electron chi connectivity index (χ0n) is 9.21. The summed E-state index contributed by atoms with van der Waals surface area (Å²) in [6.45, 7) is 1.71. The van der Waals surface area contributed by atoms with E-state index in [4.69, 9.17) is 11.6 Å². The Balaban J connectivity index is 2.61. The van der Waals surface area contributed by atoms with Crippen molar-refractivity contribution >= 4 is 17.9 Å². The number of hydrogen-bond acceptors (Lipinski definition) is 1. The summed E-state index contributed by atoms with van der Waals surface area (Å²) < 4.78 is 13.4. The van der Waals surface area contributed by atoms with E-state index in [1.165, 1.54) is 6.07 Å². The van der Waals surface area contributed by atoms with E-state index >= 15 is 0 Å². The van der Waals surface area contributed by atoms with Crippen LogP contribution in [0.3, 0.4) is 0 Å². The van der Waals surface area contributed by atoms with E-state index in [0.29, 0.717) is 22.4 Å². The molecule has 2 rings (SSSR count). The van der Waals surface area contributed by atoms with Crippen LogP contribution in [0, 0.1) is 12.7 Å². The SMILES string of the molecule is Cc1c(F)cccc1-c1ccc(Cl)c(C=O)c1. The van der Waals surface area contributed by atoms with Gasteiger partial charge in [-0.1, -0.05) is 29.8 Å². The highest BCUT2D eigenvalue weighted by Gasteiger charge is 2.08. The molecule has 0 aliphatic heterocycles. The fourth-order valence-corrected chi connectivity index (χ4v) is 1.88. The molecule has 0 N–H and O–H groups in total. The number of rotatable bonds is 2. The maximum atomic E-state index is 13.4. The van der Waals surface area contributed by atoms with Crippen LogP contribution < -0.4 is 0 Å². The van der Waals surface area contributed by atoms with Gasteiger partial charge >= 0.3 is 0 Å². The van der Waals surface area contributed by atoms with Gasteiger partial charge in [-0.15, -0.1) is 0 Å². The molecule has 0 radical (unpaired) electrons. The van der Waals surface area contributed by atoms with E-state index in [0.717, 1.165) is 11.1 Å². The van der Waals surface area contributed by atoms with Gasteiger partial charge in [-0.2, -0.15) is 0 Å². The van der Waals surface area contributed by atoms with Crippen molar-refractivity contribution in [1.82, 2.24) is 0 Å². The summed E-state index contributed by atoms with van der Waals surface area (Å²) >= 11 is 5.85. The van der Waals surface area contributed by atoms with Crippen LogP contribution in [0.4, 0.5) is 4.39 Å². The molecule has 0 spiro atoms. The topological polar surface area (TPSA) is 17.1 Å². The Morgan fingerprint density at radius 3 is 2.71 bits per heavy atom. The minimum atomic E-state index is -0.259. The van der Waals surface area contributed by atoms with E-state index < -0.39 is 0 Å². The zero-order chi connectivity index (χ0) is 12.4. The molecule has 0 unspecified atom stereocenters. The van der Waals surface area contributed by atoms with Crippen LogP contribution >= 0.6 is 11.6 Å².